The molecule has 1 heteroatoms. The van der Waals surface area contributed by atoms with Crippen LogP contribution in [-0.4, -0.2) is 0 Å². The molecule has 0 fully saturated rings. The molecule has 0 atom stereocenters. The van der Waals surface area contributed by atoms with Gasteiger partial charge in [-0.3, -0.25) is 0 Å². The molecule has 0 radical (unpaired) electrons. The Kier molecular flexibility index (Phi) is 3.95. The third-order valence-corrected chi connectivity index (χ3v) is 2.85. The summed E-state index contributed by atoms with van der Waals surface area (Å²) < 4.78 is 1.12. The summed E-state index contributed by atoms with van der Waals surface area (Å²) in [6.45, 7) is 0. The molecule has 0 N–H and O–H groups in total. The van der Waals surface area contributed by atoms with E-state index in [1.165, 1.54) is 11.1 Å². The molecular weight excluding hydrogens is 260 g/mol. The van der Waals surface area contributed by atoms with Crippen molar-refractivity contribution in [3.8, 4) is 0 Å². The standard InChI is InChI=1S/C15H13Br/c16-15-11-5-10-14(12-15)9-4-8-13-6-2-1-3-7-13/h1-7,9-12H,8H2/b9-4+. The van der Waals surface area contributed by atoms with Gasteiger partial charge in [-0.1, -0.05) is 70.5 Å². The van der Waals surface area contributed by atoms with Crippen molar-refractivity contribution in [3.05, 3.63) is 76.3 Å². The molecule has 0 saturated carbocycles. The van der Waals surface area contributed by atoms with Crippen LogP contribution in [0.1, 0.15) is 11.1 Å². The van der Waals surface area contributed by atoms with Crippen molar-refractivity contribution < 1.29 is 0 Å². The van der Waals surface area contributed by atoms with Crippen LogP contribution in [0.5, 0.6) is 0 Å². The van der Waals surface area contributed by atoms with Crippen LogP contribution >= 0.6 is 15.9 Å². The smallest absolute Gasteiger partial charge is 0.0181 e. The van der Waals surface area contributed by atoms with Crippen molar-refractivity contribution in [2.24, 2.45) is 0 Å². The van der Waals surface area contributed by atoms with Crippen LogP contribution in [0.25, 0.3) is 6.08 Å². The van der Waals surface area contributed by atoms with Crippen LogP contribution in [0.2, 0.25) is 0 Å². The van der Waals surface area contributed by atoms with Gasteiger partial charge in [-0.05, 0) is 29.7 Å². The number of hydrogen-bond donors (Lipinski definition) is 0. The van der Waals surface area contributed by atoms with Crippen molar-refractivity contribution >= 4 is 22.0 Å². The van der Waals surface area contributed by atoms with Crippen LogP contribution in [-0.2, 0) is 6.42 Å². The van der Waals surface area contributed by atoms with Crippen LogP contribution in [0.4, 0.5) is 0 Å². The fourth-order valence-corrected chi connectivity index (χ4v) is 1.97. The zero-order chi connectivity index (χ0) is 11.2. The van der Waals surface area contributed by atoms with E-state index in [4.69, 9.17) is 0 Å². The van der Waals surface area contributed by atoms with E-state index >= 15 is 0 Å². The average molecular weight is 273 g/mol. The predicted octanol–water partition coefficient (Wildman–Crippen LogP) is 4.71. The quantitative estimate of drug-likeness (QED) is 0.760. The maximum atomic E-state index is 3.47. The first kappa shape index (κ1) is 11.2. The number of halogens is 1. The molecule has 0 aromatic heterocycles. The largest absolute Gasteiger partial charge is 0.0795 e. The highest BCUT2D eigenvalue weighted by atomic mass is 79.9. The Bertz CT molecular complexity index is 472. The summed E-state index contributed by atoms with van der Waals surface area (Å²) in [5.74, 6) is 0. The Morgan fingerprint density at radius 2 is 1.75 bits per heavy atom. The SMILES string of the molecule is Brc1cccc(/C=C/Cc2ccccc2)c1. The fourth-order valence-electron chi connectivity index (χ4n) is 1.56. The normalized spacial score (nSPS) is 10.8. The summed E-state index contributed by atoms with van der Waals surface area (Å²) in [6.07, 6.45) is 5.32. The molecule has 0 heterocycles. The van der Waals surface area contributed by atoms with Crippen molar-refractivity contribution in [1.29, 1.82) is 0 Å². The van der Waals surface area contributed by atoms with Crippen molar-refractivity contribution in [3.63, 3.8) is 0 Å². The van der Waals surface area contributed by atoms with Gasteiger partial charge in [0.2, 0.25) is 0 Å². The van der Waals surface area contributed by atoms with E-state index in [1.54, 1.807) is 0 Å². The Labute approximate surface area is 105 Å². The van der Waals surface area contributed by atoms with Gasteiger partial charge in [0, 0.05) is 4.47 Å². The highest BCUT2D eigenvalue weighted by Gasteiger charge is 1.89. The predicted molar refractivity (Wildman–Crippen MR) is 73.3 cm³/mol. The molecule has 16 heavy (non-hydrogen) atoms. The first-order valence-corrected chi connectivity index (χ1v) is 6.10. The maximum absolute atomic E-state index is 3.47. The van der Waals surface area contributed by atoms with E-state index < -0.39 is 0 Å². The molecule has 0 amide bonds. The monoisotopic (exact) mass is 272 g/mol. The number of rotatable bonds is 3. The summed E-state index contributed by atoms with van der Waals surface area (Å²) in [4.78, 5) is 0. The summed E-state index contributed by atoms with van der Waals surface area (Å²) in [5, 5.41) is 0. The topological polar surface area (TPSA) is 0 Å². The van der Waals surface area contributed by atoms with E-state index in [1.807, 2.05) is 18.2 Å². The third-order valence-electron chi connectivity index (χ3n) is 2.36. The van der Waals surface area contributed by atoms with Crippen LogP contribution in [0, 0.1) is 0 Å². The molecule has 2 aromatic carbocycles. The zero-order valence-electron chi connectivity index (χ0n) is 8.94. The summed E-state index contributed by atoms with van der Waals surface area (Å²) >= 11 is 3.47. The number of hydrogen-bond acceptors (Lipinski definition) is 0. The van der Waals surface area contributed by atoms with Gasteiger partial charge in [0.15, 0.2) is 0 Å². The molecule has 0 aliphatic rings. The fraction of sp³-hybridized carbons (Fsp3) is 0.0667. The minimum Gasteiger partial charge on any atom is -0.0795 e. The van der Waals surface area contributed by atoms with Crippen LogP contribution < -0.4 is 0 Å². The number of benzene rings is 2. The molecule has 2 rings (SSSR count). The van der Waals surface area contributed by atoms with Crippen molar-refractivity contribution in [2.45, 2.75) is 6.42 Å². The lowest BCUT2D eigenvalue weighted by atomic mass is 10.1. The Morgan fingerprint density at radius 3 is 2.50 bits per heavy atom. The zero-order valence-corrected chi connectivity index (χ0v) is 10.5. The minimum absolute atomic E-state index is 0.980. The lowest BCUT2D eigenvalue weighted by Crippen LogP contribution is -1.78. The number of allylic oxidation sites excluding steroid dienone is 1. The van der Waals surface area contributed by atoms with Gasteiger partial charge in [0.1, 0.15) is 0 Å². The lowest BCUT2D eigenvalue weighted by molar-refractivity contribution is 1.28. The Hall–Kier alpha value is -1.34. The second-order valence-corrected chi connectivity index (χ2v) is 4.56. The van der Waals surface area contributed by atoms with Gasteiger partial charge >= 0.3 is 0 Å². The van der Waals surface area contributed by atoms with Gasteiger partial charge in [-0.25, -0.2) is 0 Å². The molecule has 0 spiro atoms. The summed E-state index contributed by atoms with van der Waals surface area (Å²) in [5.41, 5.74) is 2.57. The molecule has 80 valence electrons. The first-order valence-electron chi connectivity index (χ1n) is 5.30. The van der Waals surface area contributed by atoms with E-state index in [9.17, 15) is 0 Å². The molecule has 0 nitrogen and oxygen atoms in total. The van der Waals surface area contributed by atoms with Gasteiger partial charge in [-0.2, -0.15) is 0 Å². The maximum Gasteiger partial charge on any atom is 0.0181 e. The van der Waals surface area contributed by atoms with Gasteiger partial charge in [0.25, 0.3) is 0 Å². The van der Waals surface area contributed by atoms with E-state index in [-0.39, 0.29) is 0 Å². The molecular formula is C15H13Br. The lowest BCUT2D eigenvalue weighted by Gasteiger charge is -1.96. The molecule has 0 aliphatic heterocycles. The van der Waals surface area contributed by atoms with E-state index in [2.05, 4.69) is 64.5 Å². The highest BCUT2D eigenvalue weighted by Crippen LogP contribution is 2.13. The second kappa shape index (κ2) is 5.66. The molecule has 0 bridgehead atoms. The minimum atomic E-state index is 0.980. The van der Waals surface area contributed by atoms with E-state index in [0.717, 1.165) is 10.9 Å². The Balaban J connectivity index is 2.00. The van der Waals surface area contributed by atoms with Gasteiger partial charge in [-0.15, -0.1) is 0 Å². The summed E-state index contributed by atoms with van der Waals surface area (Å²) in [7, 11) is 0. The molecule has 2 aromatic rings. The van der Waals surface area contributed by atoms with Crippen LogP contribution in [0.3, 0.4) is 0 Å². The molecule has 0 unspecified atom stereocenters. The van der Waals surface area contributed by atoms with Gasteiger partial charge in [0.05, 0.1) is 0 Å². The summed E-state index contributed by atoms with van der Waals surface area (Å²) in [6, 6.07) is 18.8. The first-order chi connectivity index (χ1) is 7.84. The molecule has 0 saturated heterocycles. The molecule has 0 aliphatic carbocycles. The average Bonchev–Trinajstić information content (AvgIpc) is 2.30. The Morgan fingerprint density at radius 1 is 0.938 bits per heavy atom. The van der Waals surface area contributed by atoms with Crippen molar-refractivity contribution in [2.75, 3.05) is 0 Å². The highest BCUT2D eigenvalue weighted by molar-refractivity contribution is 9.10. The van der Waals surface area contributed by atoms with Crippen molar-refractivity contribution in [1.82, 2.24) is 0 Å². The second-order valence-electron chi connectivity index (χ2n) is 3.65. The third kappa shape index (κ3) is 3.35. The van der Waals surface area contributed by atoms with E-state index in [0.29, 0.717) is 0 Å². The van der Waals surface area contributed by atoms with Crippen LogP contribution in [0.15, 0.2) is 65.1 Å². The van der Waals surface area contributed by atoms with Gasteiger partial charge < -0.3 is 0 Å².